The molecule has 1 saturated heterocycles. The lowest BCUT2D eigenvalue weighted by atomic mass is 9.82. The Hall–Kier alpha value is -2.46. The second-order valence-corrected chi connectivity index (χ2v) is 8.19. The molecule has 0 bridgehead atoms. The highest BCUT2D eigenvalue weighted by Gasteiger charge is 2.47. The third kappa shape index (κ3) is 5.57. The molecule has 1 aromatic rings. The zero-order valence-electron chi connectivity index (χ0n) is 16.7. The molecule has 1 heterocycles. The SMILES string of the molecule is C[C@H]1[C@@H](c2c(F)ccc(F)c2F)C[C@@H](OC(=O)NC(C)(C)C)C(=O)N1CC(F)(F)F. The number of alkyl carbamates (subject to hydrolysis) is 1. The number of nitrogens with one attached hydrogen (secondary N) is 1. The summed E-state index contributed by atoms with van der Waals surface area (Å²) in [6.07, 6.45) is -8.15. The second kappa shape index (κ2) is 8.35. The summed E-state index contributed by atoms with van der Waals surface area (Å²) >= 11 is 0. The highest BCUT2D eigenvalue weighted by molar-refractivity contribution is 5.85. The van der Waals surface area contributed by atoms with Crippen LogP contribution in [-0.2, 0) is 9.53 Å². The molecular formula is C19H22F6N2O3. The van der Waals surface area contributed by atoms with Gasteiger partial charge in [0.15, 0.2) is 17.7 Å². The van der Waals surface area contributed by atoms with Crippen molar-refractivity contribution in [2.24, 2.45) is 0 Å². The number of halogens is 6. The highest BCUT2D eigenvalue weighted by atomic mass is 19.4. The molecule has 3 atom stereocenters. The number of hydrogen-bond acceptors (Lipinski definition) is 3. The van der Waals surface area contributed by atoms with Gasteiger partial charge in [0, 0.05) is 29.5 Å². The van der Waals surface area contributed by atoms with Crippen molar-refractivity contribution in [3.05, 3.63) is 35.1 Å². The van der Waals surface area contributed by atoms with Crippen molar-refractivity contribution in [1.29, 1.82) is 0 Å². The van der Waals surface area contributed by atoms with Gasteiger partial charge < -0.3 is 15.0 Å². The summed E-state index contributed by atoms with van der Waals surface area (Å²) in [7, 11) is 0. The smallest absolute Gasteiger partial charge is 0.408 e. The number of hydrogen-bond donors (Lipinski definition) is 1. The molecule has 1 aliphatic rings. The largest absolute Gasteiger partial charge is 0.436 e. The van der Waals surface area contributed by atoms with Crippen LogP contribution >= 0.6 is 0 Å². The number of alkyl halides is 3. The van der Waals surface area contributed by atoms with Crippen LogP contribution in [0, 0.1) is 17.5 Å². The van der Waals surface area contributed by atoms with E-state index in [9.17, 15) is 35.9 Å². The summed E-state index contributed by atoms with van der Waals surface area (Å²) in [5.74, 6) is -6.66. The number of nitrogens with zero attached hydrogens (tertiary/aromatic N) is 1. The van der Waals surface area contributed by atoms with Crippen molar-refractivity contribution in [3.8, 4) is 0 Å². The quantitative estimate of drug-likeness (QED) is 0.565. The Morgan fingerprint density at radius 3 is 2.27 bits per heavy atom. The van der Waals surface area contributed by atoms with Crippen molar-refractivity contribution in [2.75, 3.05) is 6.54 Å². The van der Waals surface area contributed by atoms with Crippen molar-refractivity contribution >= 4 is 12.0 Å². The van der Waals surface area contributed by atoms with Gasteiger partial charge >= 0.3 is 12.3 Å². The lowest BCUT2D eigenvalue weighted by Gasteiger charge is -2.42. The van der Waals surface area contributed by atoms with Crippen molar-refractivity contribution in [3.63, 3.8) is 0 Å². The van der Waals surface area contributed by atoms with E-state index >= 15 is 0 Å². The summed E-state index contributed by atoms with van der Waals surface area (Å²) in [5.41, 5.74) is -1.57. The number of carbonyl (C=O) groups excluding carboxylic acids is 2. The van der Waals surface area contributed by atoms with Crippen LogP contribution in [0.1, 0.15) is 45.6 Å². The molecule has 1 N–H and O–H groups in total. The van der Waals surface area contributed by atoms with E-state index in [4.69, 9.17) is 4.74 Å². The van der Waals surface area contributed by atoms with Gasteiger partial charge in [0.05, 0.1) is 0 Å². The first kappa shape index (κ1) is 23.8. The van der Waals surface area contributed by atoms with E-state index in [1.54, 1.807) is 20.8 Å². The summed E-state index contributed by atoms with van der Waals surface area (Å²) in [4.78, 5) is 25.0. The molecule has 2 rings (SSSR count). The zero-order chi connectivity index (χ0) is 23.0. The number of benzene rings is 1. The maximum Gasteiger partial charge on any atom is 0.408 e. The van der Waals surface area contributed by atoms with Crippen LogP contribution in [0.25, 0.3) is 0 Å². The van der Waals surface area contributed by atoms with Gasteiger partial charge in [0.1, 0.15) is 12.4 Å². The second-order valence-electron chi connectivity index (χ2n) is 8.19. The first-order valence-corrected chi connectivity index (χ1v) is 9.10. The molecule has 0 aliphatic carbocycles. The van der Waals surface area contributed by atoms with Crippen LogP contribution < -0.4 is 5.32 Å². The summed E-state index contributed by atoms with van der Waals surface area (Å²) < 4.78 is 86.4. The van der Waals surface area contributed by atoms with E-state index in [1.165, 1.54) is 6.92 Å². The molecule has 1 aromatic carbocycles. The minimum Gasteiger partial charge on any atom is -0.436 e. The predicted molar refractivity (Wildman–Crippen MR) is 94.1 cm³/mol. The fourth-order valence-corrected chi connectivity index (χ4v) is 3.35. The van der Waals surface area contributed by atoms with Crippen LogP contribution in [-0.4, -0.2) is 47.3 Å². The Bertz CT molecular complexity index is 822. The molecule has 0 unspecified atom stereocenters. The topological polar surface area (TPSA) is 58.6 Å². The van der Waals surface area contributed by atoms with Gasteiger partial charge in [-0.05, 0) is 39.8 Å². The predicted octanol–water partition coefficient (Wildman–Crippen LogP) is 4.26. The Kier molecular flexibility index (Phi) is 6.63. The van der Waals surface area contributed by atoms with E-state index in [2.05, 4.69) is 5.32 Å². The molecule has 0 saturated carbocycles. The van der Waals surface area contributed by atoms with E-state index in [1.807, 2.05) is 0 Å². The number of carbonyl (C=O) groups is 2. The molecule has 168 valence electrons. The van der Waals surface area contributed by atoms with Crippen LogP contribution in [0.15, 0.2) is 12.1 Å². The molecule has 0 radical (unpaired) electrons. The maximum absolute atomic E-state index is 14.3. The molecule has 2 amide bonds. The molecule has 30 heavy (non-hydrogen) atoms. The first-order valence-electron chi connectivity index (χ1n) is 9.10. The first-order chi connectivity index (χ1) is 13.6. The summed E-state index contributed by atoms with van der Waals surface area (Å²) in [5, 5.41) is 2.39. The monoisotopic (exact) mass is 440 g/mol. The summed E-state index contributed by atoms with van der Waals surface area (Å²) in [6.45, 7) is 4.27. The molecule has 1 fully saturated rings. The van der Waals surface area contributed by atoms with E-state index in [0.29, 0.717) is 17.0 Å². The Balaban J connectivity index is 2.44. The van der Waals surface area contributed by atoms with Gasteiger partial charge in [-0.1, -0.05) is 0 Å². The number of rotatable bonds is 3. The molecule has 5 nitrogen and oxygen atoms in total. The van der Waals surface area contributed by atoms with E-state index < -0.39 is 77.8 Å². The molecule has 11 heteroatoms. The van der Waals surface area contributed by atoms with Gasteiger partial charge in [0.25, 0.3) is 5.91 Å². The van der Waals surface area contributed by atoms with E-state index in [-0.39, 0.29) is 0 Å². The van der Waals surface area contributed by atoms with Crippen molar-refractivity contribution < 1.29 is 40.7 Å². The van der Waals surface area contributed by atoms with Crippen molar-refractivity contribution in [2.45, 2.75) is 63.9 Å². The normalized spacial score (nSPS) is 22.8. The van der Waals surface area contributed by atoms with Gasteiger partial charge in [-0.15, -0.1) is 0 Å². The Labute approximate surface area is 169 Å². The lowest BCUT2D eigenvalue weighted by molar-refractivity contribution is -0.176. The van der Waals surface area contributed by atoms with Gasteiger partial charge in [-0.2, -0.15) is 13.2 Å². The van der Waals surface area contributed by atoms with Gasteiger partial charge in [-0.3, -0.25) is 4.79 Å². The Morgan fingerprint density at radius 2 is 1.73 bits per heavy atom. The number of piperidine rings is 1. The number of ether oxygens (including phenoxy) is 1. The van der Waals surface area contributed by atoms with Crippen LogP contribution in [0.5, 0.6) is 0 Å². The highest BCUT2D eigenvalue weighted by Crippen LogP contribution is 2.38. The standard InChI is InChI=1S/C19H22F6N2O3/c1-9-10(14-11(20)5-6-12(21)15(14)22)7-13(30-17(29)26-18(2,3)4)16(28)27(9)8-19(23,24)25/h5-6,9-10,13H,7-8H2,1-4H3,(H,26,29)/t9-,10-,13+/m0/s1. The minimum atomic E-state index is -4.82. The third-order valence-electron chi connectivity index (χ3n) is 4.63. The fourth-order valence-electron chi connectivity index (χ4n) is 3.35. The molecular weight excluding hydrogens is 418 g/mol. The molecule has 0 aromatic heterocycles. The van der Waals surface area contributed by atoms with Gasteiger partial charge in [-0.25, -0.2) is 18.0 Å². The van der Waals surface area contributed by atoms with E-state index in [0.717, 1.165) is 0 Å². The number of amides is 2. The molecule has 1 aliphatic heterocycles. The zero-order valence-corrected chi connectivity index (χ0v) is 16.7. The van der Waals surface area contributed by atoms with Crippen LogP contribution in [0.4, 0.5) is 31.1 Å². The van der Waals surface area contributed by atoms with Crippen molar-refractivity contribution in [1.82, 2.24) is 10.2 Å². The fraction of sp³-hybridized carbons (Fsp3) is 0.579. The third-order valence-corrected chi connectivity index (χ3v) is 4.63. The average Bonchev–Trinajstić information content (AvgIpc) is 2.56. The maximum atomic E-state index is 14.3. The Morgan fingerprint density at radius 1 is 1.17 bits per heavy atom. The van der Waals surface area contributed by atoms with Crippen LogP contribution in [0.2, 0.25) is 0 Å². The lowest BCUT2D eigenvalue weighted by Crippen LogP contribution is -2.57. The minimum absolute atomic E-state index is 0.340. The number of likely N-dealkylation sites (tertiary alicyclic amines) is 1. The average molecular weight is 440 g/mol. The van der Waals surface area contributed by atoms with Gasteiger partial charge in [0.2, 0.25) is 0 Å². The van der Waals surface area contributed by atoms with Crippen LogP contribution in [0.3, 0.4) is 0 Å². The molecule has 0 spiro atoms. The summed E-state index contributed by atoms with van der Waals surface area (Å²) in [6, 6.07) is -0.145.